The molecule has 4 heterocycles. The first-order valence-electron chi connectivity index (χ1n) is 8.93. The normalized spacial score (nSPS) is 11.6. The van der Waals surface area contributed by atoms with Crippen LogP contribution in [-0.2, 0) is 6.54 Å². The first kappa shape index (κ1) is 18.1. The zero-order valence-electron chi connectivity index (χ0n) is 15.3. The molecule has 5 rings (SSSR count). The zero-order chi connectivity index (χ0) is 20.7. The Morgan fingerprint density at radius 2 is 1.83 bits per heavy atom. The Hall–Kier alpha value is -3.95. The standard InChI is InChI=1S/C20H13F3N6O/c21-13-3-1-12(2-4-13)19-20(28(10-26-19)9-17(22)23)14-5-6-18-25-7-15(29(18)27-14)16-8-24-11-30-16/h1-8,10-11,17H,9H2. The molecule has 0 radical (unpaired) electrons. The van der Waals surface area contributed by atoms with E-state index in [1.165, 1.54) is 35.6 Å². The van der Waals surface area contributed by atoms with Crippen LogP contribution in [0.25, 0.3) is 39.7 Å². The summed E-state index contributed by atoms with van der Waals surface area (Å²) < 4.78 is 47.9. The summed E-state index contributed by atoms with van der Waals surface area (Å²) in [5, 5.41) is 4.59. The van der Waals surface area contributed by atoms with E-state index in [2.05, 4.69) is 20.1 Å². The van der Waals surface area contributed by atoms with Crippen molar-refractivity contribution in [3.63, 3.8) is 0 Å². The number of halogens is 3. The molecule has 0 amide bonds. The minimum atomic E-state index is -2.58. The smallest absolute Gasteiger partial charge is 0.256 e. The molecule has 150 valence electrons. The highest BCUT2D eigenvalue weighted by molar-refractivity contribution is 5.77. The molecule has 0 aliphatic heterocycles. The number of hydrogen-bond donors (Lipinski definition) is 0. The second-order valence-corrected chi connectivity index (χ2v) is 6.49. The van der Waals surface area contributed by atoms with Crippen molar-refractivity contribution in [2.45, 2.75) is 13.0 Å². The van der Waals surface area contributed by atoms with Gasteiger partial charge in [-0.15, -0.1) is 0 Å². The van der Waals surface area contributed by atoms with Gasteiger partial charge in [-0.25, -0.2) is 32.6 Å². The highest BCUT2D eigenvalue weighted by Crippen LogP contribution is 2.31. The van der Waals surface area contributed by atoms with Gasteiger partial charge in [0.25, 0.3) is 6.43 Å². The Kier molecular flexibility index (Phi) is 4.31. The average molecular weight is 410 g/mol. The number of imidazole rings is 2. The summed E-state index contributed by atoms with van der Waals surface area (Å²) in [5.74, 6) is 0.0639. The lowest BCUT2D eigenvalue weighted by Gasteiger charge is -2.10. The maximum atomic E-state index is 13.4. The van der Waals surface area contributed by atoms with Crippen LogP contribution in [0.5, 0.6) is 0 Å². The fraction of sp³-hybridized carbons (Fsp3) is 0.100. The van der Waals surface area contributed by atoms with E-state index in [-0.39, 0.29) is 0 Å². The second-order valence-electron chi connectivity index (χ2n) is 6.49. The van der Waals surface area contributed by atoms with Crippen molar-refractivity contribution in [1.82, 2.24) is 29.1 Å². The van der Waals surface area contributed by atoms with Gasteiger partial charge in [0.05, 0.1) is 36.7 Å². The number of nitrogens with zero attached hydrogens (tertiary/aromatic N) is 6. The minimum Gasteiger partial charge on any atom is -0.442 e. The number of alkyl halides is 2. The predicted octanol–water partition coefficient (Wildman–Crippen LogP) is 4.32. The number of hydrogen-bond acceptors (Lipinski definition) is 5. The van der Waals surface area contributed by atoms with Gasteiger partial charge in [-0.1, -0.05) is 0 Å². The fourth-order valence-corrected chi connectivity index (χ4v) is 3.27. The van der Waals surface area contributed by atoms with E-state index in [1.807, 2.05) is 0 Å². The molecule has 4 aromatic heterocycles. The summed E-state index contributed by atoms with van der Waals surface area (Å²) in [6.07, 6.45) is 3.16. The fourth-order valence-electron chi connectivity index (χ4n) is 3.27. The molecule has 5 aromatic rings. The van der Waals surface area contributed by atoms with Crippen LogP contribution in [0.3, 0.4) is 0 Å². The van der Waals surface area contributed by atoms with Gasteiger partial charge in [0.15, 0.2) is 17.8 Å². The van der Waals surface area contributed by atoms with Crippen LogP contribution in [0.15, 0.2) is 65.9 Å². The van der Waals surface area contributed by atoms with E-state index in [0.29, 0.717) is 39.7 Å². The summed E-state index contributed by atoms with van der Waals surface area (Å²) in [5.41, 5.74) is 2.91. The minimum absolute atomic E-state index is 0.390. The molecule has 10 heteroatoms. The Labute approximate surface area is 167 Å². The van der Waals surface area contributed by atoms with E-state index >= 15 is 0 Å². The van der Waals surface area contributed by atoms with Gasteiger partial charge in [-0.3, -0.25) is 0 Å². The molecular formula is C20H13F3N6O. The largest absolute Gasteiger partial charge is 0.442 e. The molecule has 0 saturated heterocycles. The van der Waals surface area contributed by atoms with E-state index in [0.717, 1.165) is 0 Å². The van der Waals surface area contributed by atoms with Crippen LogP contribution in [0.2, 0.25) is 0 Å². The van der Waals surface area contributed by atoms with Crippen molar-refractivity contribution < 1.29 is 17.6 Å². The lowest BCUT2D eigenvalue weighted by molar-refractivity contribution is 0.127. The molecule has 0 unspecified atom stereocenters. The molecule has 1 aromatic carbocycles. The van der Waals surface area contributed by atoms with Gasteiger partial charge in [0.2, 0.25) is 0 Å². The molecular weight excluding hydrogens is 397 g/mol. The van der Waals surface area contributed by atoms with Crippen molar-refractivity contribution in [3.05, 3.63) is 67.3 Å². The third-order valence-corrected chi connectivity index (χ3v) is 4.58. The number of oxazole rings is 1. The van der Waals surface area contributed by atoms with E-state index in [1.54, 1.807) is 35.0 Å². The molecule has 0 atom stereocenters. The highest BCUT2D eigenvalue weighted by Gasteiger charge is 2.20. The molecule has 0 aliphatic carbocycles. The molecule has 30 heavy (non-hydrogen) atoms. The van der Waals surface area contributed by atoms with Crippen molar-refractivity contribution in [2.75, 3.05) is 0 Å². The van der Waals surface area contributed by atoms with Gasteiger partial charge < -0.3 is 8.98 Å². The summed E-state index contributed by atoms with van der Waals surface area (Å²) in [4.78, 5) is 12.5. The van der Waals surface area contributed by atoms with Gasteiger partial charge in [0, 0.05) is 5.56 Å². The lowest BCUT2D eigenvalue weighted by Crippen LogP contribution is -2.08. The Bertz CT molecular complexity index is 1310. The summed E-state index contributed by atoms with van der Waals surface area (Å²) in [6, 6.07) is 9.07. The molecule has 0 fully saturated rings. The molecule has 0 saturated carbocycles. The Morgan fingerprint density at radius 3 is 2.57 bits per heavy atom. The zero-order valence-corrected chi connectivity index (χ0v) is 15.3. The average Bonchev–Trinajstić information content (AvgIpc) is 3.47. The lowest BCUT2D eigenvalue weighted by atomic mass is 10.1. The SMILES string of the molecule is Fc1ccc(-c2ncn(CC(F)F)c2-c2ccc3ncc(-c4cnco4)n3n2)cc1. The third-order valence-electron chi connectivity index (χ3n) is 4.58. The maximum absolute atomic E-state index is 13.4. The van der Waals surface area contributed by atoms with Crippen molar-refractivity contribution in [1.29, 1.82) is 0 Å². The van der Waals surface area contributed by atoms with Crippen LogP contribution in [-0.4, -0.2) is 35.6 Å². The van der Waals surface area contributed by atoms with Crippen molar-refractivity contribution in [2.24, 2.45) is 0 Å². The monoisotopic (exact) mass is 410 g/mol. The number of rotatable bonds is 5. The third kappa shape index (κ3) is 3.11. The van der Waals surface area contributed by atoms with Crippen molar-refractivity contribution in [3.8, 4) is 34.1 Å². The van der Waals surface area contributed by atoms with Crippen LogP contribution < -0.4 is 0 Å². The van der Waals surface area contributed by atoms with Gasteiger partial charge in [-0.05, 0) is 36.4 Å². The van der Waals surface area contributed by atoms with Crippen LogP contribution >= 0.6 is 0 Å². The van der Waals surface area contributed by atoms with Gasteiger partial charge >= 0.3 is 0 Å². The van der Waals surface area contributed by atoms with Crippen molar-refractivity contribution >= 4 is 5.65 Å². The molecule has 0 bridgehead atoms. The quantitative estimate of drug-likeness (QED) is 0.432. The molecule has 0 aliphatic rings. The van der Waals surface area contributed by atoms with Crippen LogP contribution in [0.1, 0.15) is 0 Å². The number of fused-ring (bicyclic) bond motifs is 1. The summed E-state index contributed by atoms with van der Waals surface area (Å²) in [7, 11) is 0. The Balaban J connectivity index is 1.70. The van der Waals surface area contributed by atoms with Crippen LogP contribution in [0, 0.1) is 5.82 Å². The highest BCUT2D eigenvalue weighted by atomic mass is 19.3. The second kappa shape index (κ2) is 7.14. The van der Waals surface area contributed by atoms with E-state index < -0.39 is 18.8 Å². The molecule has 7 nitrogen and oxygen atoms in total. The van der Waals surface area contributed by atoms with E-state index in [9.17, 15) is 13.2 Å². The molecule has 0 spiro atoms. The van der Waals surface area contributed by atoms with Gasteiger partial charge in [-0.2, -0.15) is 5.10 Å². The summed E-state index contributed by atoms with van der Waals surface area (Å²) >= 11 is 0. The molecule has 0 N–H and O–H groups in total. The number of benzene rings is 1. The van der Waals surface area contributed by atoms with Crippen LogP contribution in [0.4, 0.5) is 13.2 Å². The predicted molar refractivity (Wildman–Crippen MR) is 101 cm³/mol. The summed E-state index contributed by atoms with van der Waals surface area (Å²) in [6.45, 7) is -0.553. The maximum Gasteiger partial charge on any atom is 0.256 e. The first-order chi connectivity index (χ1) is 14.6. The van der Waals surface area contributed by atoms with Gasteiger partial charge in [0.1, 0.15) is 17.2 Å². The number of aromatic nitrogens is 6. The van der Waals surface area contributed by atoms with E-state index in [4.69, 9.17) is 4.42 Å². The Morgan fingerprint density at radius 1 is 1.00 bits per heavy atom. The topological polar surface area (TPSA) is 74.0 Å². The first-order valence-corrected chi connectivity index (χ1v) is 8.93.